The zero-order valence-corrected chi connectivity index (χ0v) is 10.8. The van der Waals surface area contributed by atoms with Gasteiger partial charge in [0.25, 0.3) is 0 Å². The smallest absolute Gasteiger partial charge is 0.333 e. The van der Waals surface area contributed by atoms with Crippen molar-refractivity contribution in [3.63, 3.8) is 0 Å². The quantitative estimate of drug-likeness (QED) is 0.615. The van der Waals surface area contributed by atoms with E-state index in [9.17, 15) is 14.9 Å². The number of Topliss-reactive ketones (excluding diaryl/α,β-unsaturated/α-hetero) is 1. The fraction of sp³-hybridized carbons (Fsp3) is 0.462. The number of ether oxygens (including phenoxy) is 1. The van der Waals surface area contributed by atoms with Crippen molar-refractivity contribution in [2.24, 2.45) is 0 Å². The summed E-state index contributed by atoms with van der Waals surface area (Å²) in [4.78, 5) is 24.1. The largest absolute Gasteiger partial charge is 0.487 e. The van der Waals surface area contributed by atoms with E-state index in [2.05, 4.69) is 0 Å². The van der Waals surface area contributed by atoms with Crippen LogP contribution in [0.5, 0.6) is 5.75 Å². The average Bonchev–Trinajstić information content (AvgIpc) is 2.38. The van der Waals surface area contributed by atoms with Gasteiger partial charge in [0.05, 0.1) is 18.1 Å². The molecule has 1 aromatic carbocycles. The Hall–Kier alpha value is -2.11. The topological polar surface area (TPSA) is 72.7 Å². The molecular weight excluding hydrogens is 248 g/mol. The van der Waals surface area contributed by atoms with Crippen molar-refractivity contribution in [2.45, 2.75) is 19.8 Å². The van der Waals surface area contributed by atoms with Gasteiger partial charge < -0.3 is 9.64 Å². The van der Waals surface area contributed by atoms with Gasteiger partial charge in [-0.25, -0.2) is 0 Å². The molecule has 2 rings (SSSR count). The highest BCUT2D eigenvalue weighted by molar-refractivity contribution is 5.86. The van der Waals surface area contributed by atoms with E-state index < -0.39 is 4.92 Å². The molecule has 1 aliphatic heterocycles. The highest BCUT2D eigenvalue weighted by Crippen LogP contribution is 2.37. The van der Waals surface area contributed by atoms with Gasteiger partial charge in [-0.2, -0.15) is 0 Å². The van der Waals surface area contributed by atoms with Crippen LogP contribution in [0.4, 0.5) is 11.4 Å². The van der Waals surface area contributed by atoms with Crippen molar-refractivity contribution >= 4 is 17.2 Å². The third-order valence-electron chi connectivity index (χ3n) is 3.05. The fourth-order valence-electron chi connectivity index (χ4n) is 2.27. The summed E-state index contributed by atoms with van der Waals surface area (Å²) in [6.07, 6.45) is 1.28. The first kappa shape index (κ1) is 13.3. The minimum Gasteiger partial charge on any atom is -0.487 e. The first-order chi connectivity index (χ1) is 9.13. The lowest BCUT2D eigenvalue weighted by molar-refractivity contribution is -0.385. The maximum atomic E-state index is 11.5. The molecule has 0 bridgehead atoms. The number of nitro groups is 1. The van der Waals surface area contributed by atoms with E-state index in [1.54, 1.807) is 30.0 Å². The Morgan fingerprint density at radius 1 is 1.47 bits per heavy atom. The number of para-hydroxylation sites is 1. The van der Waals surface area contributed by atoms with Gasteiger partial charge in [-0.3, -0.25) is 14.9 Å². The number of anilines is 1. The van der Waals surface area contributed by atoms with E-state index in [1.165, 1.54) is 0 Å². The van der Waals surface area contributed by atoms with Crippen LogP contribution >= 0.6 is 0 Å². The van der Waals surface area contributed by atoms with Crippen molar-refractivity contribution in [2.75, 3.05) is 24.6 Å². The average molecular weight is 264 g/mol. The molecule has 0 aromatic heterocycles. The van der Waals surface area contributed by atoms with Crippen LogP contribution in [0.15, 0.2) is 18.2 Å². The molecule has 6 nitrogen and oxygen atoms in total. The van der Waals surface area contributed by atoms with Crippen molar-refractivity contribution in [3.8, 4) is 5.75 Å². The molecule has 0 atom stereocenters. The Morgan fingerprint density at radius 3 is 2.89 bits per heavy atom. The summed E-state index contributed by atoms with van der Waals surface area (Å²) < 4.78 is 5.30. The van der Waals surface area contributed by atoms with Gasteiger partial charge in [-0.05, 0) is 25.5 Å². The van der Waals surface area contributed by atoms with Gasteiger partial charge in [0.2, 0.25) is 0 Å². The minimum absolute atomic E-state index is 0.0564. The zero-order chi connectivity index (χ0) is 13.8. The molecule has 0 spiro atoms. The SMILES string of the molecule is CCOc1cccc(N2CCCC(=O)C2)c1[N+](=O)[O-]. The molecule has 1 aromatic rings. The van der Waals surface area contributed by atoms with Crippen molar-refractivity contribution in [3.05, 3.63) is 28.3 Å². The normalized spacial score (nSPS) is 15.4. The van der Waals surface area contributed by atoms with Gasteiger partial charge in [0, 0.05) is 13.0 Å². The van der Waals surface area contributed by atoms with E-state index in [4.69, 9.17) is 4.74 Å². The Morgan fingerprint density at radius 2 is 2.26 bits per heavy atom. The minimum atomic E-state index is -0.445. The number of nitro benzene ring substituents is 1. The number of hydrogen-bond donors (Lipinski definition) is 0. The van der Waals surface area contributed by atoms with Crippen LogP contribution in [0.3, 0.4) is 0 Å². The molecule has 0 saturated carbocycles. The van der Waals surface area contributed by atoms with Crippen LogP contribution in [0, 0.1) is 10.1 Å². The lowest BCUT2D eigenvalue weighted by atomic mass is 10.1. The summed E-state index contributed by atoms with van der Waals surface area (Å²) in [6, 6.07) is 4.96. The number of ketones is 1. The predicted molar refractivity (Wildman–Crippen MR) is 70.7 cm³/mol. The Kier molecular flexibility index (Phi) is 3.99. The second-order valence-corrected chi connectivity index (χ2v) is 4.38. The van der Waals surface area contributed by atoms with Crippen LogP contribution in [0.25, 0.3) is 0 Å². The Balaban J connectivity index is 2.40. The fourth-order valence-corrected chi connectivity index (χ4v) is 2.27. The molecule has 102 valence electrons. The standard InChI is InChI=1S/C13H16N2O4/c1-2-19-12-7-3-6-11(13(12)15(17)18)14-8-4-5-10(16)9-14/h3,6-7H,2,4-5,8-9H2,1H3. The highest BCUT2D eigenvalue weighted by atomic mass is 16.6. The predicted octanol–water partition coefficient (Wildman–Crippen LogP) is 2.16. The summed E-state index contributed by atoms with van der Waals surface area (Å²) in [6.45, 7) is 3.03. The third-order valence-corrected chi connectivity index (χ3v) is 3.05. The summed E-state index contributed by atoms with van der Waals surface area (Å²) >= 11 is 0. The van der Waals surface area contributed by atoms with Gasteiger partial charge in [0.15, 0.2) is 11.5 Å². The molecule has 1 fully saturated rings. The van der Waals surface area contributed by atoms with E-state index >= 15 is 0 Å². The zero-order valence-electron chi connectivity index (χ0n) is 10.8. The lowest BCUT2D eigenvalue weighted by Gasteiger charge is -2.27. The first-order valence-electron chi connectivity index (χ1n) is 6.30. The number of nitrogens with zero attached hydrogens (tertiary/aromatic N) is 2. The van der Waals surface area contributed by atoms with Crippen LogP contribution in [-0.2, 0) is 4.79 Å². The first-order valence-corrected chi connectivity index (χ1v) is 6.30. The number of rotatable bonds is 4. The molecule has 1 saturated heterocycles. The Labute approximate surface area is 111 Å². The van der Waals surface area contributed by atoms with E-state index in [0.29, 0.717) is 25.3 Å². The molecule has 0 radical (unpaired) electrons. The van der Waals surface area contributed by atoms with Crippen LogP contribution < -0.4 is 9.64 Å². The molecule has 0 N–H and O–H groups in total. The second kappa shape index (κ2) is 5.69. The summed E-state index contributed by atoms with van der Waals surface area (Å²) in [5.41, 5.74) is 0.406. The number of benzene rings is 1. The van der Waals surface area contributed by atoms with E-state index in [1.807, 2.05) is 0 Å². The van der Waals surface area contributed by atoms with Crippen molar-refractivity contribution < 1.29 is 14.5 Å². The van der Waals surface area contributed by atoms with Crippen LogP contribution in [-0.4, -0.2) is 30.4 Å². The lowest BCUT2D eigenvalue weighted by Crippen LogP contribution is -2.35. The molecule has 6 heteroatoms. The maximum Gasteiger partial charge on any atom is 0.333 e. The number of piperidine rings is 1. The molecule has 19 heavy (non-hydrogen) atoms. The summed E-state index contributed by atoms with van der Waals surface area (Å²) in [7, 11) is 0. The highest BCUT2D eigenvalue weighted by Gasteiger charge is 2.27. The summed E-state index contributed by atoms with van der Waals surface area (Å²) in [5, 5.41) is 11.3. The number of carbonyl (C=O) groups excluding carboxylic acids is 1. The second-order valence-electron chi connectivity index (χ2n) is 4.38. The van der Waals surface area contributed by atoms with Gasteiger partial charge in [-0.1, -0.05) is 6.07 Å². The molecule has 0 aliphatic carbocycles. The number of carbonyl (C=O) groups is 1. The van der Waals surface area contributed by atoms with Crippen LogP contribution in [0.1, 0.15) is 19.8 Å². The maximum absolute atomic E-state index is 11.5. The van der Waals surface area contributed by atoms with Gasteiger partial charge >= 0.3 is 5.69 Å². The molecule has 1 heterocycles. The van der Waals surface area contributed by atoms with Gasteiger partial charge in [-0.15, -0.1) is 0 Å². The molecular formula is C13H16N2O4. The molecule has 1 aliphatic rings. The Bertz CT molecular complexity index is 501. The number of hydrogen-bond acceptors (Lipinski definition) is 5. The summed E-state index contributed by atoms with van der Waals surface area (Å²) in [5.74, 6) is 0.366. The van der Waals surface area contributed by atoms with Crippen molar-refractivity contribution in [1.82, 2.24) is 0 Å². The molecule has 0 amide bonds. The molecule has 0 unspecified atom stereocenters. The van der Waals surface area contributed by atoms with Gasteiger partial charge in [0.1, 0.15) is 5.69 Å². The van der Waals surface area contributed by atoms with E-state index in [-0.39, 0.29) is 23.8 Å². The monoisotopic (exact) mass is 264 g/mol. The van der Waals surface area contributed by atoms with Crippen LogP contribution in [0.2, 0.25) is 0 Å². The van der Waals surface area contributed by atoms with Crippen molar-refractivity contribution in [1.29, 1.82) is 0 Å². The van der Waals surface area contributed by atoms with E-state index in [0.717, 1.165) is 6.42 Å². The third kappa shape index (κ3) is 2.83.